The van der Waals surface area contributed by atoms with E-state index < -0.39 is 41.3 Å². The van der Waals surface area contributed by atoms with Gasteiger partial charge in [-0.2, -0.15) is 0 Å². The summed E-state index contributed by atoms with van der Waals surface area (Å²) in [5.41, 5.74) is 1.61. The largest absolute Gasteiger partial charge is 0.499 e. The number of hydrogen-bond acceptors (Lipinski definition) is 4. The van der Waals surface area contributed by atoms with Crippen LogP contribution in [-0.2, 0) is 0 Å². The van der Waals surface area contributed by atoms with Gasteiger partial charge in [0.1, 0.15) is 22.6 Å². The molecule has 0 radical (unpaired) electrons. The second-order valence-electron chi connectivity index (χ2n) is 12.5. The SMILES string of the molecule is Fc1cc2cc3c(cc2cc1F)C1=Nc2c4cc5cc(F)c(F)cc5cc4c4n2B(Cl)n2c(c5cc6cc(F)c(F)cc6cc5c2=N4)=NC3=N1. The molecule has 6 aromatic carbocycles. The highest BCUT2D eigenvalue weighted by atomic mass is 35.5. The van der Waals surface area contributed by atoms with E-state index in [-0.39, 0.29) is 11.7 Å². The quantitative estimate of drug-likeness (QED) is 0.114. The Balaban J connectivity index is 1.35. The van der Waals surface area contributed by atoms with Gasteiger partial charge < -0.3 is 8.96 Å². The maximum absolute atomic E-state index is 14.4. The van der Waals surface area contributed by atoms with Gasteiger partial charge in [0.25, 0.3) is 0 Å². The summed E-state index contributed by atoms with van der Waals surface area (Å²) < 4.78 is 89.7. The second kappa shape index (κ2) is 9.18. The van der Waals surface area contributed by atoms with Crippen molar-refractivity contribution >= 4 is 95.0 Å². The van der Waals surface area contributed by atoms with E-state index in [4.69, 9.17) is 31.4 Å². The third-order valence-electron chi connectivity index (χ3n) is 9.68. The van der Waals surface area contributed by atoms with Crippen LogP contribution in [0.15, 0.2) is 92.8 Å². The van der Waals surface area contributed by atoms with Crippen LogP contribution in [0.1, 0.15) is 11.1 Å². The number of hydrogen-bond donors (Lipinski definition) is 0. The molecule has 0 atom stereocenters. The van der Waals surface area contributed by atoms with E-state index in [9.17, 15) is 26.3 Å². The summed E-state index contributed by atoms with van der Waals surface area (Å²) in [6, 6.07) is 16.6. The van der Waals surface area contributed by atoms with Gasteiger partial charge in [-0.15, -0.1) is 11.5 Å². The van der Waals surface area contributed by atoms with Gasteiger partial charge in [0.05, 0.1) is 0 Å². The third-order valence-corrected chi connectivity index (χ3v) is 10.1. The lowest BCUT2D eigenvalue weighted by molar-refractivity contribution is 0.511. The first-order chi connectivity index (χ1) is 24.1. The van der Waals surface area contributed by atoms with Crippen molar-refractivity contribution in [3.05, 3.63) is 130 Å². The van der Waals surface area contributed by atoms with Gasteiger partial charge in [-0.3, -0.25) is 0 Å². The fourth-order valence-electron chi connectivity index (χ4n) is 7.38. The first-order valence-electron chi connectivity index (χ1n) is 15.2. The molecule has 0 N–H and O–H groups in total. The molecule has 0 aliphatic carbocycles. The molecule has 3 aliphatic rings. The Morgan fingerprint density at radius 2 is 0.760 bits per heavy atom. The number of halogens is 7. The Morgan fingerprint density at radius 1 is 0.400 bits per heavy atom. The zero-order valence-electron chi connectivity index (χ0n) is 24.8. The van der Waals surface area contributed by atoms with E-state index in [0.29, 0.717) is 87.6 Å². The van der Waals surface area contributed by atoms with Gasteiger partial charge >= 0.3 is 6.40 Å². The molecule has 8 aromatic rings. The van der Waals surface area contributed by atoms with Crippen molar-refractivity contribution < 1.29 is 26.3 Å². The van der Waals surface area contributed by atoms with Gasteiger partial charge in [0.2, 0.25) is 0 Å². The van der Waals surface area contributed by atoms with E-state index in [1.807, 2.05) is 0 Å². The number of benzene rings is 6. The molecule has 50 heavy (non-hydrogen) atoms. The summed E-state index contributed by atoms with van der Waals surface area (Å²) in [4.78, 5) is 19.8. The second-order valence-corrected chi connectivity index (χ2v) is 12.9. The zero-order valence-corrected chi connectivity index (χ0v) is 25.6. The Bertz CT molecular complexity index is 3200. The van der Waals surface area contributed by atoms with E-state index in [2.05, 4.69) is 0 Å². The summed E-state index contributed by atoms with van der Waals surface area (Å²) >= 11 is 7.35. The number of amidine groups is 2. The van der Waals surface area contributed by atoms with Crippen molar-refractivity contribution in [2.45, 2.75) is 0 Å². The minimum Gasteiger partial charge on any atom is -0.319 e. The third kappa shape index (κ3) is 3.51. The van der Waals surface area contributed by atoms with E-state index in [0.717, 1.165) is 36.4 Å². The van der Waals surface area contributed by atoms with Crippen LogP contribution in [0.2, 0.25) is 0 Å². The highest BCUT2D eigenvalue weighted by Crippen LogP contribution is 2.43. The molecule has 0 amide bonds. The van der Waals surface area contributed by atoms with Crippen molar-refractivity contribution in [2.75, 3.05) is 0 Å². The van der Waals surface area contributed by atoms with Gasteiger partial charge in [0, 0.05) is 32.7 Å². The molecule has 5 heterocycles. The lowest BCUT2D eigenvalue weighted by Gasteiger charge is -2.18. The van der Waals surface area contributed by atoms with Crippen LogP contribution < -0.4 is 11.0 Å². The monoisotopic (exact) mass is 688 g/mol. The summed E-state index contributed by atoms with van der Waals surface area (Å²) in [5.74, 6) is -5.06. The van der Waals surface area contributed by atoms with Crippen molar-refractivity contribution in [1.29, 1.82) is 0 Å². The molecular formula is C36H12BClF6N6. The number of aliphatic imine (C=N–C) groups is 2. The fraction of sp³-hybridized carbons (Fsp3) is 0. The number of rotatable bonds is 0. The molecule has 0 unspecified atom stereocenters. The molecule has 2 aromatic heterocycles. The molecule has 14 heteroatoms. The molecule has 6 nitrogen and oxygen atoms in total. The first kappa shape index (κ1) is 27.9. The molecule has 11 rings (SSSR count). The zero-order chi connectivity index (χ0) is 33.9. The normalized spacial score (nSPS) is 14.4. The van der Waals surface area contributed by atoms with Crippen LogP contribution in [0, 0.1) is 34.9 Å². The Morgan fingerprint density at radius 3 is 1.22 bits per heavy atom. The number of fused-ring (bicyclic) bond motifs is 13. The molecular weight excluding hydrogens is 677 g/mol. The van der Waals surface area contributed by atoms with Crippen molar-refractivity contribution in [2.24, 2.45) is 20.0 Å². The van der Waals surface area contributed by atoms with E-state index in [1.54, 1.807) is 45.4 Å². The maximum atomic E-state index is 14.4. The van der Waals surface area contributed by atoms with Crippen LogP contribution in [0.3, 0.4) is 0 Å². The maximum Gasteiger partial charge on any atom is 0.499 e. The highest BCUT2D eigenvalue weighted by molar-refractivity contribution is 7.05. The van der Waals surface area contributed by atoms with Gasteiger partial charge in [-0.25, -0.2) is 46.3 Å². The standard InChI is InChI=1S/C36H12BClF6N6/c38-37-49-33-21-3-15-9-27(41)29(43)11-17(15)5-23(21)35(49)48-36-24-6-18-12-30(44)28(42)10-16(18)4-22(24)34(50(36)37)47-32-20-2-14-8-26(40)25(39)7-13(14)1-19(20)31(45-32)46-33/h1-12H. The average molecular weight is 689 g/mol. The van der Waals surface area contributed by atoms with Crippen molar-refractivity contribution in [1.82, 2.24) is 8.96 Å². The minimum atomic E-state index is -1.05. The van der Waals surface area contributed by atoms with Gasteiger partial charge in [0.15, 0.2) is 46.6 Å². The van der Waals surface area contributed by atoms with Crippen LogP contribution in [0.4, 0.5) is 38.0 Å². The lowest BCUT2D eigenvalue weighted by Crippen LogP contribution is -2.44. The molecule has 238 valence electrons. The summed E-state index contributed by atoms with van der Waals surface area (Å²) in [5, 5.41) is 4.50. The first-order valence-corrected chi connectivity index (χ1v) is 15.7. The Kier molecular flexibility index (Phi) is 5.13. The average Bonchev–Trinajstić information content (AvgIpc) is 3.67. The number of aromatic nitrogens is 2. The van der Waals surface area contributed by atoms with Crippen molar-refractivity contribution in [3.63, 3.8) is 0 Å². The topological polar surface area (TPSA) is 59.3 Å². The molecule has 3 aliphatic heterocycles. The smallest absolute Gasteiger partial charge is 0.319 e. The number of nitrogens with zero attached hydrogens (tertiary/aromatic N) is 6. The van der Waals surface area contributed by atoms with E-state index >= 15 is 0 Å². The fourth-order valence-corrected chi connectivity index (χ4v) is 7.75. The van der Waals surface area contributed by atoms with Crippen LogP contribution in [0.25, 0.3) is 53.9 Å². The molecule has 0 fully saturated rings. The predicted octanol–water partition coefficient (Wildman–Crippen LogP) is 8.25. The minimum absolute atomic E-state index is 0.194. The van der Waals surface area contributed by atoms with Crippen LogP contribution in [0.5, 0.6) is 0 Å². The lowest BCUT2D eigenvalue weighted by atomic mass is 10.0. The summed E-state index contributed by atoms with van der Waals surface area (Å²) in [6.07, 6.45) is -1.05. The molecule has 0 saturated heterocycles. The Labute approximate surface area is 279 Å². The van der Waals surface area contributed by atoms with Gasteiger partial charge in [-0.05, 0) is 105 Å². The predicted molar refractivity (Wildman–Crippen MR) is 180 cm³/mol. The molecule has 0 saturated carbocycles. The van der Waals surface area contributed by atoms with E-state index in [1.165, 1.54) is 0 Å². The van der Waals surface area contributed by atoms with Crippen molar-refractivity contribution in [3.8, 4) is 0 Å². The Hall–Kier alpha value is -5.95. The van der Waals surface area contributed by atoms with Crippen LogP contribution >= 0.6 is 11.5 Å². The highest BCUT2D eigenvalue weighted by Gasteiger charge is 2.36. The summed E-state index contributed by atoms with van der Waals surface area (Å²) in [7, 11) is 0. The van der Waals surface area contributed by atoms with Crippen LogP contribution in [-0.4, -0.2) is 27.0 Å². The molecule has 4 bridgehead atoms. The van der Waals surface area contributed by atoms with Gasteiger partial charge in [-0.1, -0.05) is 0 Å². The summed E-state index contributed by atoms with van der Waals surface area (Å²) in [6.45, 7) is 0. The molecule has 0 spiro atoms.